The summed E-state index contributed by atoms with van der Waals surface area (Å²) in [6.45, 7) is 3.94. The van der Waals surface area contributed by atoms with Crippen molar-refractivity contribution in [2.24, 2.45) is 28.1 Å². The number of hydrogen-bond acceptors (Lipinski definition) is 9. The Balaban J connectivity index is 0.00000215. The van der Waals surface area contributed by atoms with Gasteiger partial charge in [-0.15, -0.1) is 0 Å². The highest BCUT2D eigenvalue weighted by molar-refractivity contribution is 5.98. The summed E-state index contributed by atoms with van der Waals surface area (Å²) < 4.78 is 0. The number of nitro benzene ring substituents is 1. The number of rotatable bonds is 13. The molecule has 3 amide bonds. The maximum absolute atomic E-state index is 12.9. The number of guanidine groups is 1. The van der Waals surface area contributed by atoms with E-state index in [0.29, 0.717) is 24.4 Å². The molecule has 1 aromatic carbocycles. The molecule has 0 radical (unpaired) electrons. The summed E-state index contributed by atoms with van der Waals surface area (Å²) in [5, 5.41) is 33.6. The summed E-state index contributed by atoms with van der Waals surface area (Å²) in [6.07, 6.45) is 6.79. The van der Waals surface area contributed by atoms with Gasteiger partial charge >= 0.3 is 0 Å². The normalized spacial score (nSPS) is 14.3. The molecule has 1 aliphatic rings. The summed E-state index contributed by atoms with van der Waals surface area (Å²) >= 11 is 0. The summed E-state index contributed by atoms with van der Waals surface area (Å²) in [6, 6.07) is 2.71. The van der Waals surface area contributed by atoms with E-state index in [-0.39, 0.29) is 24.6 Å². The zero-order chi connectivity index (χ0) is 34.5. The van der Waals surface area contributed by atoms with Gasteiger partial charge in [0.25, 0.3) is 17.6 Å². The number of carboxylic acid groups (broad SMARTS) is 2. The highest BCUT2D eigenvalue weighted by atomic mass is 16.6. The number of non-ortho nitro benzene ring substituents is 1. The fraction of sp³-hybridized carbons (Fsp3) is 0.571. The number of nitrogens with one attached hydrogen (secondary N) is 3. The molecule has 252 valence electrons. The van der Waals surface area contributed by atoms with Crippen LogP contribution in [-0.2, 0) is 24.0 Å². The molecule has 0 saturated heterocycles. The minimum atomic E-state index is -0.966. The van der Waals surface area contributed by atoms with Crippen molar-refractivity contribution in [3.05, 3.63) is 34.4 Å². The molecule has 1 saturated carbocycles. The van der Waals surface area contributed by atoms with Crippen LogP contribution in [0.5, 0.6) is 0 Å². The van der Waals surface area contributed by atoms with Crippen LogP contribution in [0.2, 0.25) is 0 Å². The topological polar surface area (TPSA) is 295 Å². The van der Waals surface area contributed by atoms with Gasteiger partial charge in [0.15, 0.2) is 5.96 Å². The maximum atomic E-state index is 12.9. The second-order valence-electron chi connectivity index (χ2n) is 10.4. The van der Waals surface area contributed by atoms with E-state index in [4.69, 9.17) is 37.0 Å². The number of nitro groups is 1. The Hall–Kier alpha value is -4.80. The van der Waals surface area contributed by atoms with Crippen LogP contribution in [0.3, 0.4) is 0 Å². The third-order valence-electron chi connectivity index (χ3n) is 6.32. The van der Waals surface area contributed by atoms with Gasteiger partial charge in [0.05, 0.1) is 11.0 Å². The number of carbonyl (C=O) groups is 5. The number of aliphatic imine (C=N–C) groups is 1. The van der Waals surface area contributed by atoms with Gasteiger partial charge in [-0.05, 0) is 44.2 Å². The zero-order valence-corrected chi connectivity index (χ0v) is 25.9. The molecular formula is C28H46N8O9. The number of benzene rings is 1. The lowest BCUT2D eigenvalue weighted by Crippen LogP contribution is -2.54. The Kier molecular flexibility index (Phi) is 19.5. The van der Waals surface area contributed by atoms with E-state index in [1.54, 1.807) is 0 Å². The lowest BCUT2D eigenvalue weighted by molar-refractivity contribution is -0.384. The number of nitrogens with two attached hydrogens (primary N) is 3. The minimum absolute atomic E-state index is 0.0863. The number of amides is 3. The molecule has 3 atom stereocenters. The molecule has 0 spiro atoms. The van der Waals surface area contributed by atoms with Crippen molar-refractivity contribution in [2.75, 3.05) is 11.9 Å². The van der Waals surface area contributed by atoms with Crippen molar-refractivity contribution < 1.29 is 39.1 Å². The number of nitrogens with zero attached hydrogens (tertiary/aromatic N) is 2. The van der Waals surface area contributed by atoms with E-state index in [9.17, 15) is 24.5 Å². The van der Waals surface area contributed by atoms with Crippen molar-refractivity contribution >= 4 is 47.0 Å². The molecule has 1 aliphatic carbocycles. The summed E-state index contributed by atoms with van der Waals surface area (Å²) in [5.74, 6) is -2.83. The molecule has 0 aliphatic heterocycles. The van der Waals surface area contributed by atoms with Gasteiger partial charge in [-0.25, -0.2) is 0 Å². The lowest BCUT2D eigenvalue weighted by Gasteiger charge is -2.25. The number of hydrogen-bond donors (Lipinski definition) is 8. The van der Waals surface area contributed by atoms with Crippen molar-refractivity contribution in [2.45, 2.75) is 90.3 Å². The van der Waals surface area contributed by atoms with Crippen molar-refractivity contribution in [1.82, 2.24) is 10.6 Å². The molecule has 45 heavy (non-hydrogen) atoms. The summed E-state index contributed by atoms with van der Waals surface area (Å²) in [4.78, 5) is 70.5. The maximum Gasteiger partial charge on any atom is 0.300 e. The first kappa shape index (κ1) is 40.2. The van der Waals surface area contributed by atoms with Crippen molar-refractivity contribution in [3.8, 4) is 0 Å². The van der Waals surface area contributed by atoms with Gasteiger partial charge in [0.2, 0.25) is 17.7 Å². The highest BCUT2D eigenvalue weighted by Gasteiger charge is 2.27. The average Bonchev–Trinajstić information content (AvgIpc) is 2.94. The van der Waals surface area contributed by atoms with E-state index in [0.717, 1.165) is 39.5 Å². The summed E-state index contributed by atoms with van der Waals surface area (Å²) in [7, 11) is 0. The van der Waals surface area contributed by atoms with Gasteiger partial charge in [-0.1, -0.05) is 32.1 Å². The molecule has 0 bridgehead atoms. The number of anilines is 1. The third-order valence-corrected chi connectivity index (χ3v) is 6.32. The largest absolute Gasteiger partial charge is 0.481 e. The number of carbonyl (C=O) groups excluding carboxylic acids is 3. The van der Waals surface area contributed by atoms with Gasteiger partial charge < -0.3 is 43.4 Å². The quantitative estimate of drug-likeness (QED) is 0.0494. The first-order chi connectivity index (χ1) is 21.0. The molecule has 11 N–H and O–H groups in total. The van der Waals surface area contributed by atoms with Crippen LogP contribution in [0, 0.1) is 16.0 Å². The van der Waals surface area contributed by atoms with Crippen LogP contribution < -0.4 is 33.2 Å². The summed E-state index contributed by atoms with van der Waals surface area (Å²) in [5.41, 5.74) is 17.0. The van der Waals surface area contributed by atoms with E-state index in [1.165, 1.54) is 37.6 Å². The first-order valence-corrected chi connectivity index (χ1v) is 14.4. The Morgan fingerprint density at radius 3 is 1.98 bits per heavy atom. The Bertz CT molecular complexity index is 1130. The van der Waals surface area contributed by atoms with Gasteiger partial charge in [-0.2, -0.15) is 0 Å². The van der Waals surface area contributed by atoms with E-state index in [2.05, 4.69) is 20.9 Å². The predicted octanol–water partition coefficient (Wildman–Crippen LogP) is 1.06. The second kappa shape index (κ2) is 21.8. The third kappa shape index (κ3) is 19.9. The molecule has 1 fully saturated rings. The van der Waals surface area contributed by atoms with Crippen LogP contribution in [0.4, 0.5) is 11.4 Å². The van der Waals surface area contributed by atoms with Gasteiger partial charge in [0, 0.05) is 38.2 Å². The average molecular weight is 639 g/mol. The Labute approximate surface area is 261 Å². The minimum Gasteiger partial charge on any atom is -0.481 e. The lowest BCUT2D eigenvalue weighted by atomic mass is 9.85. The molecule has 2 rings (SSSR count). The van der Waals surface area contributed by atoms with Crippen LogP contribution in [-0.4, -0.2) is 75.4 Å². The smallest absolute Gasteiger partial charge is 0.300 e. The molecular weight excluding hydrogens is 592 g/mol. The molecule has 0 aromatic heterocycles. The zero-order valence-electron chi connectivity index (χ0n) is 25.9. The van der Waals surface area contributed by atoms with Crippen molar-refractivity contribution in [3.63, 3.8) is 0 Å². The van der Waals surface area contributed by atoms with E-state index in [1.807, 2.05) is 0 Å². The molecule has 0 unspecified atom stereocenters. The molecule has 1 aromatic rings. The fourth-order valence-corrected chi connectivity index (χ4v) is 4.24. The molecule has 17 heteroatoms. The SMILES string of the molecule is CC(=O)O.CC(=O)O.C[C@H](NC(=O)[C@H](N)CC1CCCCC1)C(=O)N[C@@H](CCCN=C(N)N)C(=O)Nc1ccc([N+](=O)[O-])cc1. The van der Waals surface area contributed by atoms with Crippen LogP contribution in [0.25, 0.3) is 0 Å². The van der Waals surface area contributed by atoms with Crippen LogP contribution in [0.15, 0.2) is 29.3 Å². The van der Waals surface area contributed by atoms with Crippen molar-refractivity contribution in [1.29, 1.82) is 0 Å². The fourth-order valence-electron chi connectivity index (χ4n) is 4.24. The van der Waals surface area contributed by atoms with Gasteiger partial charge in [0.1, 0.15) is 12.1 Å². The second-order valence-corrected chi connectivity index (χ2v) is 10.4. The van der Waals surface area contributed by atoms with Gasteiger partial charge in [-0.3, -0.25) is 39.1 Å². The molecule has 17 nitrogen and oxygen atoms in total. The number of carboxylic acids is 2. The Morgan fingerprint density at radius 2 is 1.49 bits per heavy atom. The first-order valence-electron chi connectivity index (χ1n) is 14.4. The highest BCUT2D eigenvalue weighted by Crippen LogP contribution is 2.27. The standard InChI is InChI=1S/C24H38N8O5.2C2H4O2/c1-15(29-22(34)19(25)14-16-6-3-2-4-7-16)21(33)31-20(8-5-13-28-24(26)27)23(35)30-17-9-11-18(12-10-17)32(36)37;2*1-2(3)4/h9-12,15-16,19-20H,2-8,13-14,25H2,1H3,(H,29,34)(H,30,35)(H,31,33)(H4,26,27,28);2*1H3,(H,3,4)/t15-,19+,20-;;/m0../s1. The number of aliphatic carboxylic acids is 2. The monoisotopic (exact) mass is 638 g/mol. The van der Waals surface area contributed by atoms with Crippen LogP contribution >= 0.6 is 0 Å². The van der Waals surface area contributed by atoms with E-state index >= 15 is 0 Å². The van der Waals surface area contributed by atoms with Crippen LogP contribution in [0.1, 0.15) is 72.1 Å². The van der Waals surface area contributed by atoms with E-state index < -0.39 is 52.7 Å². The Morgan fingerprint density at radius 1 is 0.956 bits per heavy atom. The molecule has 0 heterocycles. The predicted molar refractivity (Wildman–Crippen MR) is 167 cm³/mol.